The zero-order chi connectivity index (χ0) is 15.5. The maximum atomic E-state index is 9.42. The van der Waals surface area contributed by atoms with Gasteiger partial charge >= 0.3 is 144 Å². The van der Waals surface area contributed by atoms with E-state index in [9.17, 15) is 5.11 Å². The van der Waals surface area contributed by atoms with Gasteiger partial charge in [0, 0.05) is 0 Å². The molecule has 0 spiro atoms. The van der Waals surface area contributed by atoms with Gasteiger partial charge in [-0.25, -0.2) is 0 Å². The summed E-state index contributed by atoms with van der Waals surface area (Å²) in [7, 11) is 1.49. The Balaban J connectivity index is 2.32. The average Bonchev–Trinajstić information content (AvgIpc) is 2.91. The summed E-state index contributed by atoms with van der Waals surface area (Å²) in [6, 6.07) is 1.93. The molecule has 0 fully saturated rings. The van der Waals surface area contributed by atoms with Crippen LogP contribution >= 0.6 is 11.6 Å². The number of anilines is 1. The fourth-order valence-corrected chi connectivity index (χ4v) is 3.07. The number of terminal acetylenes is 1. The van der Waals surface area contributed by atoms with E-state index in [1.165, 1.54) is 7.11 Å². The van der Waals surface area contributed by atoms with Crippen molar-refractivity contribution in [1.29, 1.82) is 0 Å². The Morgan fingerprint density at radius 2 is 2.38 bits per heavy atom. The van der Waals surface area contributed by atoms with Gasteiger partial charge in [0.2, 0.25) is 0 Å². The number of hydrogen-bond acceptors (Lipinski definition) is 5. The van der Waals surface area contributed by atoms with Gasteiger partial charge in [-0.15, -0.1) is 0 Å². The van der Waals surface area contributed by atoms with Gasteiger partial charge in [-0.2, -0.15) is 0 Å². The fraction of sp³-hybridized carbons (Fsp3) is 0.385. The number of aromatic nitrogens is 3. The number of hydrogen-bond donors (Lipinski definition) is 2. The molecule has 2 aromatic rings. The van der Waals surface area contributed by atoms with Crippen LogP contribution < -0.4 is 3.13 Å². The molecule has 0 aliphatic heterocycles. The van der Waals surface area contributed by atoms with Crippen molar-refractivity contribution >= 4 is 54.5 Å². The van der Waals surface area contributed by atoms with Crippen LogP contribution in [0.2, 0.25) is 5.28 Å². The standard InChI is InChI=1S/C13H14ClN4O2.Tl/c1-3-13(8-19,20-2)5-7-18-6-4-9-10(15)16-12(14)17-11(9)18;/h1,4,6,19H,5,7-8H2,2H3,(H-,15,16,17);/q-1;+1. The summed E-state index contributed by atoms with van der Waals surface area (Å²) in [5.41, 5.74) is -0.244. The Labute approximate surface area is 144 Å². The number of nitrogens with one attached hydrogen (secondary N) is 1. The zero-order valence-corrected chi connectivity index (χ0v) is 16.8. The van der Waals surface area contributed by atoms with Gasteiger partial charge in [0.25, 0.3) is 0 Å². The first-order valence-corrected chi connectivity index (χ1v) is 8.84. The molecule has 2 N–H and O–H groups in total. The Hall–Kier alpha value is -0.888. The minimum absolute atomic E-state index is 0.197. The summed E-state index contributed by atoms with van der Waals surface area (Å²) >= 11 is 6.51. The molecule has 2 rings (SSSR count). The van der Waals surface area contributed by atoms with Crippen LogP contribution in [-0.2, 0) is 11.3 Å². The van der Waals surface area contributed by atoms with Gasteiger partial charge < -0.3 is 0 Å². The number of halogens is 1. The van der Waals surface area contributed by atoms with E-state index in [4.69, 9.17) is 22.8 Å². The van der Waals surface area contributed by atoms with Crippen LogP contribution in [-0.4, -0.2) is 65.0 Å². The monoisotopic (exact) mass is 498 g/mol. The molecule has 8 heteroatoms. The van der Waals surface area contributed by atoms with Gasteiger partial charge in [0.15, 0.2) is 0 Å². The van der Waals surface area contributed by atoms with Crippen molar-refractivity contribution in [2.45, 2.75) is 18.6 Å². The molecule has 0 aliphatic rings. The molecule has 0 aromatic carbocycles. The summed E-state index contributed by atoms with van der Waals surface area (Å²) in [6.07, 6.45) is 7.82. The van der Waals surface area contributed by atoms with E-state index in [2.05, 4.69) is 19.0 Å². The van der Waals surface area contributed by atoms with E-state index < -0.39 is 5.60 Å². The van der Waals surface area contributed by atoms with Crippen LogP contribution in [0.15, 0.2) is 12.3 Å². The van der Waals surface area contributed by atoms with Gasteiger partial charge in [0.05, 0.1) is 0 Å². The Morgan fingerprint density at radius 3 is 2.95 bits per heavy atom. The SMILES string of the molecule is C#CC(CO)(CCn1ccc2c([NH][Tl])nc(Cl)nc21)OC. The van der Waals surface area contributed by atoms with Gasteiger partial charge in [0.1, 0.15) is 0 Å². The molecule has 21 heavy (non-hydrogen) atoms. The number of ether oxygens (including phenoxy) is 1. The quantitative estimate of drug-likeness (QED) is 0.353. The van der Waals surface area contributed by atoms with Crippen molar-refractivity contribution in [2.75, 3.05) is 16.8 Å². The van der Waals surface area contributed by atoms with Gasteiger partial charge in [-0.3, -0.25) is 0 Å². The molecule has 0 radical (unpaired) electrons. The van der Waals surface area contributed by atoms with Crippen molar-refractivity contribution < 1.29 is 9.84 Å². The average molecular weight is 498 g/mol. The molecule has 1 unspecified atom stereocenters. The number of nitrogens with zero attached hydrogens (tertiary/aromatic N) is 3. The second kappa shape index (κ2) is 6.91. The molecule has 0 saturated carbocycles. The topological polar surface area (TPSA) is 72.2 Å². The second-order valence-electron chi connectivity index (χ2n) is 4.48. The van der Waals surface area contributed by atoms with Crippen LogP contribution in [0.3, 0.4) is 0 Å². The Morgan fingerprint density at radius 1 is 1.62 bits per heavy atom. The minimum atomic E-state index is -0.979. The number of aliphatic hydroxyl groups excluding tert-OH is 1. The molecular weight excluding hydrogens is 484 g/mol. The summed E-state index contributed by atoms with van der Waals surface area (Å²) in [6.45, 7) is 0.321. The number of methoxy groups -OCH3 is 1. The first-order valence-electron chi connectivity index (χ1n) is 6.22. The normalized spacial score (nSPS) is 13.8. The van der Waals surface area contributed by atoms with Crippen LogP contribution in [0, 0.1) is 12.3 Å². The number of fused-ring (bicyclic) bond motifs is 1. The third-order valence-corrected chi connectivity index (χ3v) is 4.63. The van der Waals surface area contributed by atoms with E-state index in [-0.39, 0.29) is 11.9 Å². The summed E-state index contributed by atoms with van der Waals surface area (Å²) in [5, 5.41) is 10.5. The molecule has 0 aliphatic carbocycles. The van der Waals surface area contributed by atoms with Gasteiger partial charge in [-0.05, 0) is 0 Å². The molecule has 108 valence electrons. The third kappa shape index (κ3) is 3.31. The Bertz CT molecular complexity index is 679. The molecule has 0 amide bonds. The summed E-state index contributed by atoms with van der Waals surface area (Å²) in [4.78, 5) is 8.43. The number of aliphatic hydroxyl groups is 1. The summed E-state index contributed by atoms with van der Waals surface area (Å²) in [5.74, 6) is 3.25. The molecule has 2 heterocycles. The fourth-order valence-electron chi connectivity index (χ4n) is 2.05. The molecule has 0 bridgehead atoms. The maximum absolute atomic E-state index is 9.42. The van der Waals surface area contributed by atoms with Crippen molar-refractivity contribution in [3.05, 3.63) is 17.5 Å². The first kappa shape index (κ1) is 16.5. The van der Waals surface area contributed by atoms with Crippen molar-refractivity contribution in [3.8, 4) is 12.3 Å². The predicted molar refractivity (Wildman–Crippen MR) is 82.2 cm³/mol. The van der Waals surface area contributed by atoms with Crippen LogP contribution in [0.5, 0.6) is 0 Å². The molecule has 0 saturated heterocycles. The molecular formula is C13H14ClN4O2Tl. The third-order valence-electron chi connectivity index (χ3n) is 3.39. The van der Waals surface area contributed by atoms with Crippen molar-refractivity contribution in [2.24, 2.45) is 0 Å². The summed E-state index contributed by atoms with van der Waals surface area (Å²) < 4.78 is 10.3. The van der Waals surface area contributed by atoms with E-state index in [0.717, 1.165) is 16.9 Å². The van der Waals surface area contributed by atoms with E-state index in [1.807, 2.05) is 16.8 Å². The second-order valence-corrected chi connectivity index (χ2v) is 5.94. The van der Waals surface area contributed by atoms with Crippen LogP contribution in [0.25, 0.3) is 11.0 Å². The predicted octanol–water partition coefficient (Wildman–Crippen LogP) is 0.981. The van der Waals surface area contributed by atoms with Crippen LogP contribution in [0.4, 0.5) is 5.82 Å². The molecule has 6 nitrogen and oxygen atoms in total. The number of aryl methyl sites for hydroxylation is 1. The Kier molecular flexibility index (Phi) is 5.43. The van der Waals surface area contributed by atoms with Crippen molar-refractivity contribution in [1.82, 2.24) is 14.5 Å². The molecule has 2 aromatic heterocycles. The van der Waals surface area contributed by atoms with E-state index in [1.54, 1.807) is 0 Å². The number of rotatable bonds is 6. The molecule has 1 atom stereocenters. The first-order chi connectivity index (χ1) is 10.1. The van der Waals surface area contributed by atoms with E-state index >= 15 is 0 Å². The van der Waals surface area contributed by atoms with Crippen molar-refractivity contribution in [3.63, 3.8) is 0 Å². The van der Waals surface area contributed by atoms with E-state index in [0.29, 0.717) is 39.0 Å². The van der Waals surface area contributed by atoms with Crippen LogP contribution in [0.1, 0.15) is 6.42 Å². The van der Waals surface area contributed by atoms with Gasteiger partial charge in [-0.1, -0.05) is 0 Å². The zero-order valence-electron chi connectivity index (χ0n) is 11.5.